The lowest BCUT2D eigenvalue weighted by atomic mass is 10.1. The molecule has 0 saturated carbocycles. The van der Waals surface area contributed by atoms with E-state index in [9.17, 15) is 14.0 Å². The zero-order chi connectivity index (χ0) is 13.8. The molecule has 0 aliphatic carbocycles. The average Bonchev–Trinajstić information content (AvgIpc) is 2.43. The van der Waals surface area contributed by atoms with Crippen LogP contribution in [0.2, 0.25) is 0 Å². The Bertz CT molecular complexity index is 505. The van der Waals surface area contributed by atoms with E-state index in [1.165, 1.54) is 12.1 Å². The number of halogens is 1. The SMILES string of the molecule is O=C(NC(CF)C(=O)O)c1ccc2c(c1)OCCO2. The van der Waals surface area contributed by atoms with Gasteiger partial charge in [-0.3, -0.25) is 4.79 Å². The Morgan fingerprint density at radius 2 is 2.00 bits per heavy atom. The smallest absolute Gasteiger partial charge is 0.328 e. The number of carbonyl (C=O) groups excluding carboxylic acids is 1. The van der Waals surface area contributed by atoms with Crippen molar-refractivity contribution in [2.24, 2.45) is 0 Å². The Morgan fingerprint density at radius 3 is 2.63 bits per heavy atom. The number of alkyl halides is 1. The summed E-state index contributed by atoms with van der Waals surface area (Å²) < 4.78 is 23.0. The van der Waals surface area contributed by atoms with E-state index in [1.54, 1.807) is 6.07 Å². The summed E-state index contributed by atoms with van der Waals surface area (Å²) >= 11 is 0. The molecule has 1 heterocycles. The minimum atomic E-state index is -1.55. The number of hydrogen-bond donors (Lipinski definition) is 2. The van der Waals surface area contributed by atoms with Crippen molar-refractivity contribution >= 4 is 11.9 Å². The number of amides is 1. The fourth-order valence-corrected chi connectivity index (χ4v) is 1.59. The van der Waals surface area contributed by atoms with Gasteiger partial charge in [-0.25, -0.2) is 9.18 Å². The van der Waals surface area contributed by atoms with Crippen LogP contribution in [0.3, 0.4) is 0 Å². The second kappa shape index (κ2) is 5.55. The van der Waals surface area contributed by atoms with Crippen molar-refractivity contribution in [3.8, 4) is 11.5 Å². The number of benzene rings is 1. The third-order valence-corrected chi connectivity index (χ3v) is 2.56. The zero-order valence-electron chi connectivity index (χ0n) is 9.89. The van der Waals surface area contributed by atoms with Gasteiger partial charge in [0, 0.05) is 5.56 Å². The van der Waals surface area contributed by atoms with E-state index in [0.717, 1.165) is 0 Å². The van der Waals surface area contributed by atoms with E-state index < -0.39 is 24.6 Å². The third-order valence-electron chi connectivity index (χ3n) is 2.56. The normalized spacial score (nSPS) is 14.6. The van der Waals surface area contributed by atoms with Crippen molar-refractivity contribution < 1.29 is 28.6 Å². The van der Waals surface area contributed by atoms with Crippen LogP contribution in [0.4, 0.5) is 4.39 Å². The third kappa shape index (κ3) is 2.93. The highest BCUT2D eigenvalue weighted by Gasteiger charge is 2.21. The van der Waals surface area contributed by atoms with Gasteiger partial charge in [0.05, 0.1) is 0 Å². The highest BCUT2D eigenvalue weighted by Crippen LogP contribution is 2.30. The summed E-state index contributed by atoms with van der Waals surface area (Å²) in [5, 5.41) is 10.7. The van der Waals surface area contributed by atoms with Crippen LogP contribution in [0.5, 0.6) is 11.5 Å². The molecule has 0 saturated heterocycles. The molecule has 1 amide bonds. The summed E-state index contributed by atoms with van der Waals surface area (Å²) in [5.74, 6) is -1.18. The van der Waals surface area contributed by atoms with E-state index in [-0.39, 0.29) is 5.56 Å². The number of aliphatic carboxylic acids is 1. The summed E-state index contributed by atoms with van der Waals surface area (Å²) in [4.78, 5) is 22.4. The molecule has 0 bridgehead atoms. The Morgan fingerprint density at radius 1 is 1.32 bits per heavy atom. The molecule has 0 spiro atoms. The number of carbonyl (C=O) groups is 2. The number of carboxylic acid groups (broad SMARTS) is 1. The van der Waals surface area contributed by atoms with Gasteiger partial charge < -0.3 is 19.9 Å². The molecule has 2 N–H and O–H groups in total. The monoisotopic (exact) mass is 269 g/mol. The minimum Gasteiger partial charge on any atom is -0.486 e. The maximum Gasteiger partial charge on any atom is 0.328 e. The number of rotatable bonds is 4. The highest BCUT2D eigenvalue weighted by atomic mass is 19.1. The number of fused-ring (bicyclic) bond motifs is 1. The summed E-state index contributed by atoms with van der Waals surface area (Å²) in [6.45, 7) is -0.368. The Balaban J connectivity index is 2.13. The zero-order valence-corrected chi connectivity index (χ0v) is 9.89. The van der Waals surface area contributed by atoms with E-state index in [2.05, 4.69) is 5.32 Å². The lowest BCUT2D eigenvalue weighted by molar-refractivity contribution is -0.139. The molecule has 0 aromatic heterocycles. The van der Waals surface area contributed by atoms with Crippen LogP contribution in [-0.2, 0) is 4.79 Å². The molecular weight excluding hydrogens is 257 g/mol. The van der Waals surface area contributed by atoms with Crippen LogP contribution < -0.4 is 14.8 Å². The number of ether oxygens (including phenoxy) is 2. The van der Waals surface area contributed by atoms with Crippen LogP contribution in [0.15, 0.2) is 18.2 Å². The molecule has 2 rings (SSSR count). The van der Waals surface area contributed by atoms with Gasteiger partial charge in [0.2, 0.25) is 0 Å². The molecule has 102 valence electrons. The maximum atomic E-state index is 12.4. The van der Waals surface area contributed by atoms with Gasteiger partial charge in [-0.2, -0.15) is 0 Å². The molecule has 7 heteroatoms. The van der Waals surface area contributed by atoms with Crippen molar-refractivity contribution in [3.63, 3.8) is 0 Å². The molecule has 1 atom stereocenters. The average molecular weight is 269 g/mol. The summed E-state index contributed by atoms with van der Waals surface area (Å²) in [6.07, 6.45) is 0. The van der Waals surface area contributed by atoms with Gasteiger partial charge in [0.25, 0.3) is 5.91 Å². The van der Waals surface area contributed by atoms with Crippen LogP contribution in [0, 0.1) is 0 Å². The number of carboxylic acids is 1. The first kappa shape index (κ1) is 13.1. The molecule has 0 fully saturated rings. The minimum absolute atomic E-state index is 0.184. The van der Waals surface area contributed by atoms with Crippen molar-refractivity contribution in [1.82, 2.24) is 5.32 Å². The predicted octanol–water partition coefficient (Wildman–Crippen LogP) is 0.610. The summed E-state index contributed by atoms with van der Waals surface area (Å²) in [7, 11) is 0. The second-order valence-electron chi connectivity index (χ2n) is 3.88. The van der Waals surface area contributed by atoms with E-state index in [4.69, 9.17) is 14.6 Å². The summed E-state index contributed by atoms with van der Waals surface area (Å²) in [5.41, 5.74) is 0.184. The Labute approximate surface area is 108 Å². The molecular formula is C12H12FNO5. The first-order valence-corrected chi connectivity index (χ1v) is 5.61. The van der Waals surface area contributed by atoms with Crippen molar-refractivity contribution in [1.29, 1.82) is 0 Å². The van der Waals surface area contributed by atoms with Crippen molar-refractivity contribution in [2.75, 3.05) is 19.9 Å². The molecule has 19 heavy (non-hydrogen) atoms. The molecule has 1 aromatic rings. The maximum absolute atomic E-state index is 12.4. The van der Waals surface area contributed by atoms with Crippen molar-refractivity contribution in [3.05, 3.63) is 23.8 Å². The van der Waals surface area contributed by atoms with Crippen LogP contribution >= 0.6 is 0 Å². The lowest BCUT2D eigenvalue weighted by Gasteiger charge is -2.19. The fourth-order valence-electron chi connectivity index (χ4n) is 1.59. The lowest BCUT2D eigenvalue weighted by Crippen LogP contribution is -2.42. The fraction of sp³-hybridized carbons (Fsp3) is 0.333. The number of nitrogens with one attached hydrogen (secondary N) is 1. The van der Waals surface area contributed by atoms with Crippen LogP contribution in [-0.4, -0.2) is 42.9 Å². The largest absolute Gasteiger partial charge is 0.486 e. The van der Waals surface area contributed by atoms with Gasteiger partial charge in [0.1, 0.15) is 19.9 Å². The molecule has 1 aliphatic rings. The van der Waals surface area contributed by atoms with Crippen LogP contribution in [0.1, 0.15) is 10.4 Å². The first-order valence-electron chi connectivity index (χ1n) is 5.61. The topological polar surface area (TPSA) is 84.9 Å². The molecule has 6 nitrogen and oxygen atoms in total. The van der Waals surface area contributed by atoms with Crippen molar-refractivity contribution in [2.45, 2.75) is 6.04 Å². The quantitative estimate of drug-likeness (QED) is 0.836. The predicted molar refractivity (Wildman–Crippen MR) is 62.3 cm³/mol. The van der Waals surface area contributed by atoms with Gasteiger partial charge in [-0.1, -0.05) is 0 Å². The standard InChI is InChI=1S/C12H12FNO5/c13-6-8(12(16)17)14-11(15)7-1-2-9-10(5-7)19-4-3-18-9/h1-2,5,8H,3-4,6H2,(H,14,15)(H,16,17). The van der Waals surface area contributed by atoms with Gasteiger partial charge in [-0.15, -0.1) is 0 Å². The first-order chi connectivity index (χ1) is 9.11. The molecule has 1 unspecified atom stereocenters. The second-order valence-corrected chi connectivity index (χ2v) is 3.88. The van der Waals surface area contributed by atoms with Gasteiger partial charge >= 0.3 is 5.97 Å². The molecule has 1 aromatic carbocycles. The highest BCUT2D eigenvalue weighted by molar-refractivity contribution is 5.97. The van der Waals surface area contributed by atoms with E-state index in [1.807, 2.05) is 0 Å². The Kier molecular flexibility index (Phi) is 3.84. The van der Waals surface area contributed by atoms with E-state index >= 15 is 0 Å². The molecule has 1 aliphatic heterocycles. The van der Waals surface area contributed by atoms with Gasteiger partial charge in [-0.05, 0) is 18.2 Å². The summed E-state index contributed by atoms with van der Waals surface area (Å²) in [6, 6.07) is 2.89. The van der Waals surface area contributed by atoms with Gasteiger partial charge in [0.15, 0.2) is 17.5 Å². The van der Waals surface area contributed by atoms with E-state index in [0.29, 0.717) is 24.7 Å². The number of hydrogen-bond acceptors (Lipinski definition) is 4. The van der Waals surface area contributed by atoms with Crippen LogP contribution in [0.25, 0.3) is 0 Å². The Hall–Kier alpha value is -2.31. The molecule has 0 radical (unpaired) electrons.